The Hall–Kier alpha value is -2.49. The molecule has 1 aliphatic rings. The quantitative estimate of drug-likeness (QED) is 0.849. The molecule has 0 unspecified atom stereocenters. The third-order valence-electron chi connectivity index (χ3n) is 4.58. The topological polar surface area (TPSA) is 47.6 Å². The minimum Gasteiger partial charge on any atom is -0.497 e. The van der Waals surface area contributed by atoms with Crippen molar-refractivity contribution in [3.05, 3.63) is 60.2 Å². The molecule has 24 heavy (non-hydrogen) atoms. The molecular formula is C20H23NO3. The van der Waals surface area contributed by atoms with Gasteiger partial charge in [-0.15, -0.1) is 0 Å². The number of ether oxygens (including phenoxy) is 2. The van der Waals surface area contributed by atoms with E-state index in [4.69, 9.17) is 9.47 Å². The monoisotopic (exact) mass is 325 g/mol. The molecule has 126 valence electrons. The van der Waals surface area contributed by atoms with Crippen LogP contribution in [0.15, 0.2) is 54.6 Å². The number of benzene rings is 2. The Labute approximate surface area is 142 Å². The van der Waals surface area contributed by atoms with Crippen LogP contribution in [0.25, 0.3) is 0 Å². The molecule has 2 aromatic carbocycles. The molecule has 0 spiro atoms. The van der Waals surface area contributed by atoms with Crippen LogP contribution in [0, 0.1) is 0 Å². The third-order valence-corrected chi connectivity index (χ3v) is 4.58. The summed E-state index contributed by atoms with van der Waals surface area (Å²) in [6, 6.07) is 17.6. The molecule has 1 N–H and O–H groups in total. The highest BCUT2D eigenvalue weighted by Gasteiger charge is 2.44. The van der Waals surface area contributed by atoms with Gasteiger partial charge in [-0.25, -0.2) is 0 Å². The molecule has 1 fully saturated rings. The zero-order valence-corrected chi connectivity index (χ0v) is 14.1. The first-order valence-corrected chi connectivity index (χ1v) is 8.27. The predicted molar refractivity (Wildman–Crippen MR) is 93.4 cm³/mol. The van der Waals surface area contributed by atoms with Crippen LogP contribution in [0.2, 0.25) is 0 Å². The number of methoxy groups -OCH3 is 1. The van der Waals surface area contributed by atoms with Crippen molar-refractivity contribution >= 4 is 5.91 Å². The number of nitrogens with one attached hydrogen (secondary N) is 1. The second-order valence-corrected chi connectivity index (χ2v) is 6.30. The summed E-state index contributed by atoms with van der Waals surface area (Å²) in [6.45, 7) is 2.42. The lowest BCUT2D eigenvalue weighted by atomic mass is 9.96. The lowest BCUT2D eigenvalue weighted by Crippen LogP contribution is -2.40. The van der Waals surface area contributed by atoms with Crippen molar-refractivity contribution in [1.29, 1.82) is 0 Å². The molecule has 1 atom stereocenters. The SMILES string of the molecule is COc1ccc(O[C@@H](C)C(=O)NCC2(c3ccccc3)CC2)cc1. The van der Waals surface area contributed by atoms with E-state index in [0.717, 1.165) is 18.6 Å². The first-order valence-electron chi connectivity index (χ1n) is 8.27. The maximum atomic E-state index is 12.3. The van der Waals surface area contributed by atoms with Gasteiger partial charge in [-0.1, -0.05) is 30.3 Å². The second kappa shape index (κ2) is 6.95. The summed E-state index contributed by atoms with van der Waals surface area (Å²) >= 11 is 0. The number of rotatable bonds is 7. The first-order chi connectivity index (χ1) is 11.6. The van der Waals surface area contributed by atoms with Crippen LogP contribution in [-0.4, -0.2) is 25.7 Å². The molecule has 0 saturated heterocycles. The van der Waals surface area contributed by atoms with Gasteiger partial charge in [0.1, 0.15) is 11.5 Å². The van der Waals surface area contributed by atoms with Gasteiger partial charge in [0.05, 0.1) is 7.11 Å². The van der Waals surface area contributed by atoms with E-state index < -0.39 is 6.10 Å². The number of hydrogen-bond donors (Lipinski definition) is 1. The van der Waals surface area contributed by atoms with E-state index in [9.17, 15) is 4.79 Å². The van der Waals surface area contributed by atoms with Crippen molar-refractivity contribution in [2.75, 3.05) is 13.7 Å². The van der Waals surface area contributed by atoms with E-state index >= 15 is 0 Å². The lowest BCUT2D eigenvalue weighted by Gasteiger charge is -2.19. The van der Waals surface area contributed by atoms with Gasteiger partial charge in [0.2, 0.25) is 0 Å². The number of carbonyl (C=O) groups is 1. The summed E-state index contributed by atoms with van der Waals surface area (Å²) in [5.41, 5.74) is 1.41. The number of carbonyl (C=O) groups excluding carboxylic acids is 1. The maximum Gasteiger partial charge on any atom is 0.260 e. The Morgan fingerprint density at radius 2 is 1.71 bits per heavy atom. The summed E-state index contributed by atoms with van der Waals surface area (Å²) in [7, 11) is 1.62. The molecular weight excluding hydrogens is 302 g/mol. The van der Waals surface area contributed by atoms with Crippen molar-refractivity contribution in [2.45, 2.75) is 31.3 Å². The molecule has 0 radical (unpaired) electrons. The summed E-state index contributed by atoms with van der Waals surface area (Å²) < 4.78 is 10.8. The van der Waals surface area contributed by atoms with E-state index in [0.29, 0.717) is 12.3 Å². The average Bonchev–Trinajstić information content (AvgIpc) is 3.42. The fraction of sp³-hybridized carbons (Fsp3) is 0.350. The molecule has 0 bridgehead atoms. The molecule has 0 aromatic heterocycles. The van der Waals surface area contributed by atoms with Crippen molar-refractivity contribution in [2.24, 2.45) is 0 Å². The molecule has 4 nitrogen and oxygen atoms in total. The van der Waals surface area contributed by atoms with Crippen molar-refractivity contribution in [3.63, 3.8) is 0 Å². The Balaban J connectivity index is 1.53. The van der Waals surface area contributed by atoms with Crippen LogP contribution in [0.3, 0.4) is 0 Å². The normalized spacial score (nSPS) is 16.1. The van der Waals surface area contributed by atoms with E-state index in [2.05, 4.69) is 17.4 Å². The van der Waals surface area contributed by atoms with Gasteiger partial charge in [-0.3, -0.25) is 4.79 Å². The Morgan fingerprint density at radius 1 is 1.08 bits per heavy atom. The van der Waals surface area contributed by atoms with Crippen LogP contribution in [0.4, 0.5) is 0 Å². The van der Waals surface area contributed by atoms with Crippen molar-refractivity contribution in [1.82, 2.24) is 5.32 Å². The molecule has 0 heterocycles. The van der Waals surface area contributed by atoms with Crippen LogP contribution in [0.1, 0.15) is 25.3 Å². The zero-order valence-electron chi connectivity index (χ0n) is 14.1. The smallest absolute Gasteiger partial charge is 0.260 e. The van der Waals surface area contributed by atoms with Crippen molar-refractivity contribution < 1.29 is 14.3 Å². The summed E-state index contributed by atoms with van der Waals surface area (Å²) in [4.78, 5) is 12.3. The van der Waals surface area contributed by atoms with E-state index in [1.54, 1.807) is 26.2 Å². The standard InChI is InChI=1S/C20H23NO3/c1-15(24-18-10-8-17(23-2)9-11-18)19(22)21-14-20(12-13-20)16-6-4-3-5-7-16/h3-11,15H,12-14H2,1-2H3,(H,21,22)/t15-/m0/s1. The van der Waals surface area contributed by atoms with Gasteiger partial charge in [0.15, 0.2) is 6.10 Å². The van der Waals surface area contributed by atoms with Crippen LogP contribution >= 0.6 is 0 Å². The van der Waals surface area contributed by atoms with Crippen LogP contribution in [-0.2, 0) is 10.2 Å². The van der Waals surface area contributed by atoms with E-state index in [-0.39, 0.29) is 11.3 Å². The van der Waals surface area contributed by atoms with Gasteiger partial charge in [-0.2, -0.15) is 0 Å². The highest BCUT2D eigenvalue weighted by molar-refractivity contribution is 5.80. The summed E-state index contributed by atoms with van der Waals surface area (Å²) in [5, 5.41) is 3.04. The second-order valence-electron chi connectivity index (χ2n) is 6.30. The highest BCUT2D eigenvalue weighted by Crippen LogP contribution is 2.47. The summed E-state index contributed by atoms with van der Waals surface area (Å²) in [5.74, 6) is 1.33. The van der Waals surface area contributed by atoms with Gasteiger partial charge in [-0.05, 0) is 49.6 Å². The molecule has 3 rings (SSSR count). The molecule has 1 saturated carbocycles. The number of hydrogen-bond acceptors (Lipinski definition) is 3. The van der Waals surface area contributed by atoms with Gasteiger partial charge in [0, 0.05) is 12.0 Å². The van der Waals surface area contributed by atoms with Crippen molar-refractivity contribution in [3.8, 4) is 11.5 Å². The van der Waals surface area contributed by atoms with Crippen LogP contribution < -0.4 is 14.8 Å². The van der Waals surface area contributed by atoms with Gasteiger partial charge in [0.25, 0.3) is 5.91 Å². The first kappa shape index (κ1) is 16.4. The van der Waals surface area contributed by atoms with Gasteiger partial charge >= 0.3 is 0 Å². The maximum absolute atomic E-state index is 12.3. The highest BCUT2D eigenvalue weighted by atomic mass is 16.5. The predicted octanol–water partition coefficient (Wildman–Crippen LogP) is 3.31. The minimum absolute atomic E-state index is 0.0898. The largest absolute Gasteiger partial charge is 0.497 e. The van der Waals surface area contributed by atoms with E-state index in [1.807, 2.05) is 30.3 Å². The average molecular weight is 325 g/mol. The fourth-order valence-corrected chi connectivity index (χ4v) is 2.82. The zero-order chi connectivity index (χ0) is 17.0. The Morgan fingerprint density at radius 3 is 2.29 bits per heavy atom. The lowest BCUT2D eigenvalue weighted by molar-refractivity contribution is -0.127. The Bertz CT molecular complexity index is 678. The van der Waals surface area contributed by atoms with Crippen LogP contribution in [0.5, 0.6) is 11.5 Å². The Kier molecular flexibility index (Phi) is 4.74. The molecule has 2 aromatic rings. The fourth-order valence-electron chi connectivity index (χ4n) is 2.82. The van der Waals surface area contributed by atoms with E-state index in [1.165, 1.54) is 5.56 Å². The molecule has 1 aliphatic carbocycles. The number of amides is 1. The minimum atomic E-state index is -0.537. The third kappa shape index (κ3) is 3.70. The molecule has 0 aliphatic heterocycles. The molecule has 4 heteroatoms. The summed E-state index contributed by atoms with van der Waals surface area (Å²) in [6.07, 6.45) is 1.70. The van der Waals surface area contributed by atoms with Gasteiger partial charge < -0.3 is 14.8 Å². The molecule has 1 amide bonds.